The first-order valence-corrected chi connectivity index (χ1v) is 6.04. The van der Waals surface area contributed by atoms with Gasteiger partial charge >= 0.3 is 0 Å². The van der Waals surface area contributed by atoms with Crippen LogP contribution < -0.4 is 5.73 Å². The predicted octanol–water partition coefficient (Wildman–Crippen LogP) is 3.05. The zero-order valence-electron chi connectivity index (χ0n) is 10.2. The van der Waals surface area contributed by atoms with Gasteiger partial charge in [0.25, 0.3) is 0 Å². The van der Waals surface area contributed by atoms with Gasteiger partial charge in [-0.15, -0.1) is 0 Å². The van der Waals surface area contributed by atoms with Gasteiger partial charge < -0.3 is 5.73 Å². The number of benzene rings is 2. The average Bonchev–Trinajstić information content (AvgIpc) is 2.82. The molecule has 0 saturated carbocycles. The van der Waals surface area contributed by atoms with Gasteiger partial charge in [0.15, 0.2) is 0 Å². The molecule has 0 aliphatic rings. The summed E-state index contributed by atoms with van der Waals surface area (Å²) in [6.07, 6.45) is 1.85. The van der Waals surface area contributed by atoms with Crippen LogP contribution in [0.15, 0.2) is 54.9 Å². The Labute approximate surface area is 106 Å². The summed E-state index contributed by atoms with van der Waals surface area (Å²) in [7, 11) is 0. The standard InChI is InChI=1S/C15H15N3/c1-11(16)12-6-8-13(9-7-12)18-10-17-14-4-2-3-5-15(14)18/h2-11H,16H2,1H3/t11-/m0/s1. The van der Waals surface area contributed by atoms with Gasteiger partial charge in [0.05, 0.1) is 11.0 Å². The first-order valence-electron chi connectivity index (χ1n) is 6.04. The SMILES string of the molecule is C[C@H](N)c1ccc(-n2cnc3ccccc32)cc1. The van der Waals surface area contributed by atoms with E-state index in [-0.39, 0.29) is 6.04 Å². The molecule has 3 nitrogen and oxygen atoms in total. The molecule has 18 heavy (non-hydrogen) atoms. The van der Waals surface area contributed by atoms with Gasteiger partial charge in [-0.2, -0.15) is 0 Å². The normalized spacial score (nSPS) is 12.8. The van der Waals surface area contributed by atoms with E-state index in [4.69, 9.17) is 5.73 Å². The molecule has 0 aliphatic heterocycles. The van der Waals surface area contributed by atoms with Crippen LogP contribution in [-0.2, 0) is 0 Å². The highest BCUT2D eigenvalue weighted by molar-refractivity contribution is 5.77. The summed E-state index contributed by atoms with van der Waals surface area (Å²) >= 11 is 0. The van der Waals surface area contributed by atoms with Crippen molar-refractivity contribution < 1.29 is 0 Å². The molecule has 1 atom stereocenters. The van der Waals surface area contributed by atoms with Gasteiger partial charge in [0.2, 0.25) is 0 Å². The molecule has 2 aromatic carbocycles. The molecule has 1 heterocycles. The smallest absolute Gasteiger partial charge is 0.100 e. The molecule has 2 N–H and O–H groups in total. The highest BCUT2D eigenvalue weighted by atomic mass is 15.0. The Morgan fingerprint density at radius 3 is 2.50 bits per heavy atom. The predicted molar refractivity (Wildman–Crippen MR) is 73.7 cm³/mol. The molecule has 0 fully saturated rings. The molecule has 0 spiro atoms. The number of fused-ring (bicyclic) bond motifs is 1. The summed E-state index contributed by atoms with van der Waals surface area (Å²) in [4.78, 5) is 4.39. The fourth-order valence-corrected chi connectivity index (χ4v) is 2.10. The van der Waals surface area contributed by atoms with Crippen LogP contribution in [0, 0.1) is 0 Å². The van der Waals surface area contributed by atoms with Gasteiger partial charge in [-0.3, -0.25) is 4.57 Å². The minimum atomic E-state index is 0.0681. The van der Waals surface area contributed by atoms with Crippen molar-refractivity contribution in [3.05, 3.63) is 60.4 Å². The van der Waals surface area contributed by atoms with Gasteiger partial charge in [-0.25, -0.2) is 4.98 Å². The van der Waals surface area contributed by atoms with Crippen molar-refractivity contribution in [1.82, 2.24) is 9.55 Å². The molecule has 1 aromatic heterocycles. The maximum atomic E-state index is 5.85. The number of nitrogens with two attached hydrogens (primary N) is 1. The fourth-order valence-electron chi connectivity index (χ4n) is 2.10. The first-order chi connectivity index (χ1) is 8.75. The van der Waals surface area contributed by atoms with E-state index >= 15 is 0 Å². The van der Waals surface area contributed by atoms with Crippen molar-refractivity contribution in [3.63, 3.8) is 0 Å². The summed E-state index contributed by atoms with van der Waals surface area (Å²) in [5.41, 5.74) is 10.2. The average molecular weight is 237 g/mol. The maximum absolute atomic E-state index is 5.85. The number of aromatic nitrogens is 2. The second kappa shape index (κ2) is 4.27. The van der Waals surface area contributed by atoms with E-state index in [0.717, 1.165) is 22.3 Å². The third kappa shape index (κ3) is 1.79. The molecule has 0 unspecified atom stereocenters. The lowest BCUT2D eigenvalue weighted by Gasteiger charge is -2.08. The minimum absolute atomic E-state index is 0.0681. The molecular weight excluding hydrogens is 222 g/mol. The Kier molecular flexibility index (Phi) is 2.61. The lowest BCUT2D eigenvalue weighted by atomic mass is 10.1. The van der Waals surface area contributed by atoms with Crippen LogP contribution in [0.5, 0.6) is 0 Å². The lowest BCUT2D eigenvalue weighted by Crippen LogP contribution is -2.04. The van der Waals surface area contributed by atoms with E-state index in [0.29, 0.717) is 0 Å². The van der Waals surface area contributed by atoms with Crippen molar-refractivity contribution in [1.29, 1.82) is 0 Å². The second-order valence-electron chi connectivity index (χ2n) is 4.48. The third-order valence-electron chi connectivity index (χ3n) is 3.15. The quantitative estimate of drug-likeness (QED) is 0.744. The second-order valence-corrected chi connectivity index (χ2v) is 4.48. The fraction of sp³-hybridized carbons (Fsp3) is 0.133. The van der Waals surface area contributed by atoms with E-state index in [2.05, 4.69) is 39.9 Å². The van der Waals surface area contributed by atoms with E-state index in [1.54, 1.807) is 0 Å². The first kappa shape index (κ1) is 11.0. The third-order valence-corrected chi connectivity index (χ3v) is 3.15. The van der Waals surface area contributed by atoms with Crippen molar-refractivity contribution in [2.24, 2.45) is 5.73 Å². The van der Waals surface area contributed by atoms with E-state index < -0.39 is 0 Å². The van der Waals surface area contributed by atoms with Crippen LogP contribution in [0.1, 0.15) is 18.5 Å². The molecule has 0 saturated heterocycles. The number of para-hydroxylation sites is 2. The number of imidazole rings is 1. The number of hydrogen-bond donors (Lipinski definition) is 1. The van der Waals surface area contributed by atoms with Crippen molar-refractivity contribution in [2.45, 2.75) is 13.0 Å². The highest BCUT2D eigenvalue weighted by Crippen LogP contribution is 2.19. The Bertz CT molecular complexity index is 666. The Hall–Kier alpha value is -2.13. The van der Waals surface area contributed by atoms with Crippen LogP contribution in [0.3, 0.4) is 0 Å². The monoisotopic (exact) mass is 237 g/mol. The van der Waals surface area contributed by atoms with Gasteiger partial charge in [0, 0.05) is 11.7 Å². The van der Waals surface area contributed by atoms with Crippen LogP contribution in [0.4, 0.5) is 0 Å². The molecule has 0 radical (unpaired) electrons. The molecule has 3 heteroatoms. The summed E-state index contributed by atoms with van der Waals surface area (Å²) in [6, 6.07) is 16.5. The number of nitrogens with zero attached hydrogens (tertiary/aromatic N) is 2. The van der Waals surface area contributed by atoms with Gasteiger partial charge in [-0.05, 0) is 36.8 Å². The minimum Gasteiger partial charge on any atom is -0.324 e. The Morgan fingerprint density at radius 1 is 1.06 bits per heavy atom. The molecule has 3 rings (SSSR count). The van der Waals surface area contributed by atoms with Crippen molar-refractivity contribution >= 4 is 11.0 Å². The molecule has 3 aromatic rings. The largest absolute Gasteiger partial charge is 0.324 e. The van der Waals surface area contributed by atoms with Crippen LogP contribution in [0.2, 0.25) is 0 Å². The molecule has 90 valence electrons. The Morgan fingerprint density at radius 2 is 1.78 bits per heavy atom. The number of hydrogen-bond acceptors (Lipinski definition) is 2. The number of rotatable bonds is 2. The zero-order chi connectivity index (χ0) is 12.5. The van der Waals surface area contributed by atoms with Crippen LogP contribution in [0.25, 0.3) is 16.7 Å². The maximum Gasteiger partial charge on any atom is 0.100 e. The molecule has 0 aliphatic carbocycles. The van der Waals surface area contributed by atoms with Crippen LogP contribution in [-0.4, -0.2) is 9.55 Å². The zero-order valence-corrected chi connectivity index (χ0v) is 10.2. The van der Waals surface area contributed by atoms with Gasteiger partial charge in [0.1, 0.15) is 6.33 Å². The molecular formula is C15H15N3. The highest BCUT2D eigenvalue weighted by Gasteiger charge is 2.04. The van der Waals surface area contributed by atoms with E-state index in [1.807, 2.05) is 31.5 Å². The lowest BCUT2D eigenvalue weighted by molar-refractivity contribution is 0.817. The topological polar surface area (TPSA) is 43.8 Å². The van der Waals surface area contributed by atoms with E-state index in [1.165, 1.54) is 0 Å². The summed E-state index contributed by atoms with van der Waals surface area (Å²) in [6.45, 7) is 1.99. The van der Waals surface area contributed by atoms with Gasteiger partial charge in [-0.1, -0.05) is 24.3 Å². The van der Waals surface area contributed by atoms with Crippen LogP contribution >= 0.6 is 0 Å². The van der Waals surface area contributed by atoms with Crippen molar-refractivity contribution in [3.8, 4) is 5.69 Å². The summed E-state index contributed by atoms with van der Waals surface area (Å²) < 4.78 is 2.08. The molecule has 0 bridgehead atoms. The summed E-state index contributed by atoms with van der Waals surface area (Å²) in [5.74, 6) is 0. The summed E-state index contributed by atoms with van der Waals surface area (Å²) in [5, 5.41) is 0. The van der Waals surface area contributed by atoms with E-state index in [9.17, 15) is 0 Å². The Balaban J connectivity index is 2.09. The van der Waals surface area contributed by atoms with Crippen molar-refractivity contribution in [2.75, 3.05) is 0 Å². The molecule has 0 amide bonds.